The largest absolute Gasteiger partial charge is 0.465 e. The van der Waals surface area contributed by atoms with Crippen molar-refractivity contribution < 1.29 is 32.3 Å². The second-order valence-corrected chi connectivity index (χ2v) is 9.85. The lowest BCUT2D eigenvalue weighted by atomic mass is 10.1. The lowest BCUT2D eigenvalue weighted by molar-refractivity contribution is -0.148. The summed E-state index contributed by atoms with van der Waals surface area (Å²) in [4.78, 5) is 35.8. The second kappa shape index (κ2) is 13.8. The number of sulfonamides is 1. The predicted molar refractivity (Wildman–Crippen MR) is 127 cm³/mol. The standard InChI is InChI=1S/C22H36N4O7S/c1-6-33-21(28)19(9-7-8-16(4)25-20(27)14-24-22(29)32-5)26(15(2)3)34(30,31)18-12-10-17(23)11-13-18/h10-13,15-16,19H,6-9,14,23H2,1-5H3,(H,24,29)(H,25,27)/t16-,19-/m0/s1. The molecule has 0 fully saturated rings. The van der Waals surface area contributed by atoms with Crippen molar-refractivity contribution in [1.82, 2.24) is 14.9 Å². The number of nitrogens with zero attached hydrogens (tertiary/aromatic N) is 1. The number of esters is 1. The Morgan fingerprint density at radius 1 is 1.09 bits per heavy atom. The highest BCUT2D eigenvalue weighted by atomic mass is 32.2. The molecule has 1 aromatic rings. The fourth-order valence-corrected chi connectivity index (χ4v) is 5.20. The molecule has 12 heteroatoms. The van der Waals surface area contributed by atoms with E-state index in [9.17, 15) is 22.8 Å². The SMILES string of the molecule is CCOC(=O)[C@H](CCC[C@H](C)NC(=O)CNC(=O)OC)N(C(C)C)S(=O)(=O)c1ccc(N)cc1. The van der Waals surface area contributed by atoms with Gasteiger partial charge >= 0.3 is 12.1 Å². The molecule has 2 atom stereocenters. The summed E-state index contributed by atoms with van der Waals surface area (Å²) in [6.45, 7) is 6.70. The Kier molecular flexibility index (Phi) is 11.8. The van der Waals surface area contributed by atoms with Crippen LogP contribution >= 0.6 is 0 Å². The predicted octanol–water partition coefficient (Wildman–Crippen LogP) is 1.63. The average molecular weight is 501 g/mol. The number of nitrogens with one attached hydrogen (secondary N) is 2. The molecule has 0 spiro atoms. The molecule has 0 aliphatic rings. The molecular formula is C22H36N4O7S. The zero-order valence-electron chi connectivity index (χ0n) is 20.4. The van der Waals surface area contributed by atoms with Crippen LogP contribution in [-0.2, 0) is 29.1 Å². The molecule has 1 rings (SSSR count). The van der Waals surface area contributed by atoms with E-state index < -0.39 is 40.1 Å². The zero-order valence-corrected chi connectivity index (χ0v) is 21.2. The smallest absolute Gasteiger partial charge is 0.407 e. The number of rotatable bonds is 13. The van der Waals surface area contributed by atoms with Crippen molar-refractivity contribution in [2.24, 2.45) is 0 Å². The second-order valence-electron chi connectivity index (χ2n) is 8.01. The van der Waals surface area contributed by atoms with Gasteiger partial charge in [0.25, 0.3) is 0 Å². The molecule has 0 aromatic heterocycles. The van der Waals surface area contributed by atoms with Gasteiger partial charge in [0.1, 0.15) is 12.6 Å². The molecule has 11 nitrogen and oxygen atoms in total. The van der Waals surface area contributed by atoms with E-state index in [-0.39, 0.29) is 30.5 Å². The third-order valence-corrected chi connectivity index (χ3v) is 7.03. The van der Waals surface area contributed by atoms with Gasteiger partial charge in [-0.15, -0.1) is 0 Å². The van der Waals surface area contributed by atoms with Crippen molar-refractivity contribution in [3.63, 3.8) is 0 Å². The summed E-state index contributed by atoms with van der Waals surface area (Å²) in [6.07, 6.45) is 0.409. The number of anilines is 1. The minimum Gasteiger partial charge on any atom is -0.465 e. The van der Waals surface area contributed by atoms with E-state index in [1.54, 1.807) is 27.7 Å². The molecular weight excluding hydrogens is 464 g/mol. The molecule has 0 unspecified atom stereocenters. The molecule has 192 valence electrons. The first kappa shape index (κ1) is 29.2. The van der Waals surface area contributed by atoms with E-state index in [0.717, 1.165) is 0 Å². The third-order valence-electron chi connectivity index (χ3n) is 4.93. The minimum atomic E-state index is -4.01. The first-order chi connectivity index (χ1) is 15.9. The van der Waals surface area contributed by atoms with Crippen LogP contribution < -0.4 is 16.4 Å². The lowest BCUT2D eigenvalue weighted by Gasteiger charge is -2.32. The number of carbonyl (C=O) groups is 3. The number of ether oxygens (including phenoxy) is 2. The Morgan fingerprint density at radius 2 is 1.71 bits per heavy atom. The summed E-state index contributed by atoms with van der Waals surface area (Å²) >= 11 is 0. The lowest BCUT2D eigenvalue weighted by Crippen LogP contribution is -2.49. The van der Waals surface area contributed by atoms with Gasteiger partial charge in [0, 0.05) is 17.8 Å². The van der Waals surface area contributed by atoms with Crippen molar-refractivity contribution in [2.45, 2.75) is 70.0 Å². The van der Waals surface area contributed by atoms with Gasteiger partial charge in [0.2, 0.25) is 15.9 Å². The number of carbonyl (C=O) groups excluding carboxylic acids is 3. The van der Waals surface area contributed by atoms with E-state index in [2.05, 4.69) is 15.4 Å². The van der Waals surface area contributed by atoms with Crippen LogP contribution in [0.3, 0.4) is 0 Å². The van der Waals surface area contributed by atoms with Gasteiger partial charge in [-0.05, 0) is 71.2 Å². The van der Waals surface area contributed by atoms with Crippen LogP contribution in [0, 0.1) is 0 Å². The van der Waals surface area contributed by atoms with Crippen molar-refractivity contribution in [3.05, 3.63) is 24.3 Å². The van der Waals surface area contributed by atoms with Crippen molar-refractivity contribution in [3.8, 4) is 0 Å². The summed E-state index contributed by atoms with van der Waals surface area (Å²) in [5, 5.41) is 5.02. The summed E-state index contributed by atoms with van der Waals surface area (Å²) in [6, 6.07) is 3.97. The van der Waals surface area contributed by atoms with Gasteiger partial charge in [-0.3, -0.25) is 9.59 Å². The van der Waals surface area contributed by atoms with Gasteiger partial charge in [0.05, 0.1) is 18.6 Å². The van der Waals surface area contributed by atoms with Crippen LogP contribution in [0.5, 0.6) is 0 Å². The highest BCUT2D eigenvalue weighted by molar-refractivity contribution is 7.89. The monoisotopic (exact) mass is 500 g/mol. The van der Waals surface area contributed by atoms with Gasteiger partial charge in [-0.2, -0.15) is 4.31 Å². The van der Waals surface area contributed by atoms with Crippen molar-refractivity contribution in [2.75, 3.05) is 26.0 Å². The van der Waals surface area contributed by atoms with Crippen molar-refractivity contribution in [1.29, 1.82) is 0 Å². The first-order valence-electron chi connectivity index (χ1n) is 11.1. The maximum absolute atomic E-state index is 13.4. The van der Waals surface area contributed by atoms with E-state index in [1.165, 1.54) is 35.7 Å². The number of nitrogens with two attached hydrogens (primary N) is 1. The van der Waals surface area contributed by atoms with Gasteiger partial charge in [0.15, 0.2) is 0 Å². The first-order valence-corrected chi connectivity index (χ1v) is 12.5. The number of hydrogen-bond acceptors (Lipinski definition) is 8. The highest BCUT2D eigenvalue weighted by Gasteiger charge is 2.38. The maximum Gasteiger partial charge on any atom is 0.407 e. The number of methoxy groups -OCH3 is 1. The molecule has 0 radical (unpaired) electrons. The maximum atomic E-state index is 13.4. The minimum absolute atomic E-state index is 0.0310. The molecule has 4 N–H and O–H groups in total. The Morgan fingerprint density at radius 3 is 2.24 bits per heavy atom. The summed E-state index contributed by atoms with van der Waals surface area (Å²) in [7, 11) is -2.81. The van der Waals surface area contributed by atoms with Gasteiger partial charge in [-0.25, -0.2) is 13.2 Å². The van der Waals surface area contributed by atoms with Crippen molar-refractivity contribution >= 4 is 33.7 Å². The summed E-state index contributed by atoms with van der Waals surface area (Å²) in [5.41, 5.74) is 6.11. The fourth-order valence-electron chi connectivity index (χ4n) is 3.39. The van der Waals surface area contributed by atoms with Crippen LogP contribution in [0.15, 0.2) is 29.2 Å². The van der Waals surface area contributed by atoms with E-state index in [4.69, 9.17) is 10.5 Å². The van der Waals surface area contributed by atoms with Crippen LogP contribution in [-0.4, -0.2) is 69.1 Å². The molecule has 0 heterocycles. The van der Waals surface area contributed by atoms with Crippen LogP contribution in [0.4, 0.5) is 10.5 Å². The molecule has 1 aromatic carbocycles. The van der Waals surface area contributed by atoms with E-state index in [0.29, 0.717) is 18.5 Å². The fraction of sp³-hybridized carbons (Fsp3) is 0.591. The third kappa shape index (κ3) is 8.82. The molecule has 0 bridgehead atoms. The normalized spacial score (nSPS) is 13.3. The topological polar surface area (TPSA) is 157 Å². The summed E-state index contributed by atoms with van der Waals surface area (Å²) in [5.74, 6) is -1.02. The zero-order chi connectivity index (χ0) is 25.9. The van der Waals surface area contributed by atoms with Gasteiger partial charge < -0.3 is 25.8 Å². The molecule has 0 aliphatic carbocycles. The summed E-state index contributed by atoms with van der Waals surface area (Å²) < 4.78 is 37.6. The number of benzene rings is 1. The Bertz CT molecular complexity index is 920. The average Bonchev–Trinajstić information content (AvgIpc) is 2.76. The van der Waals surface area contributed by atoms with Crippen LogP contribution in [0.2, 0.25) is 0 Å². The molecule has 0 aliphatic heterocycles. The van der Waals surface area contributed by atoms with Crippen LogP contribution in [0.25, 0.3) is 0 Å². The molecule has 0 saturated heterocycles. The van der Waals surface area contributed by atoms with Gasteiger partial charge in [-0.1, -0.05) is 0 Å². The Hall–Kier alpha value is -2.86. The van der Waals surface area contributed by atoms with E-state index >= 15 is 0 Å². The van der Waals surface area contributed by atoms with Crippen LogP contribution in [0.1, 0.15) is 47.0 Å². The number of alkyl carbamates (subject to hydrolysis) is 1. The quantitative estimate of drug-likeness (QED) is 0.272. The number of amides is 2. The molecule has 0 saturated carbocycles. The Balaban J connectivity index is 2.94. The molecule has 34 heavy (non-hydrogen) atoms. The number of hydrogen-bond donors (Lipinski definition) is 3. The molecule has 2 amide bonds. The highest BCUT2D eigenvalue weighted by Crippen LogP contribution is 2.25. The van der Waals surface area contributed by atoms with E-state index in [1.807, 2.05) is 0 Å². The Labute approximate surface area is 201 Å². The number of nitrogen functional groups attached to an aromatic ring is 1.